The second-order valence-electron chi connectivity index (χ2n) is 5.06. The van der Waals surface area contributed by atoms with Crippen molar-refractivity contribution in [2.45, 2.75) is 19.8 Å². The van der Waals surface area contributed by atoms with Crippen LogP contribution in [0.3, 0.4) is 0 Å². The van der Waals surface area contributed by atoms with Gasteiger partial charge in [-0.25, -0.2) is 0 Å². The molecule has 0 bridgehead atoms. The fraction of sp³-hybridized carbons (Fsp3) is 0.500. The lowest BCUT2D eigenvalue weighted by Crippen LogP contribution is -2.39. The maximum atomic E-state index is 12.3. The first-order valence-electron chi connectivity index (χ1n) is 7.08. The van der Waals surface area contributed by atoms with E-state index in [-0.39, 0.29) is 12.5 Å². The minimum absolute atomic E-state index is 0.0380. The Morgan fingerprint density at radius 2 is 1.95 bits per heavy atom. The number of nitrogens with zero attached hydrogens (tertiary/aromatic N) is 1. The van der Waals surface area contributed by atoms with Gasteiger partial charge in [-0.2, -0.15) is 0 Å². The third kappa shape index (κ3) is 6.40. The first-order valence-corrected chi connectivity index (χ1v) is 7.08. The highest BCUT2D eigenvalue weighted by Gasteiger charge is 2.20. The van der Waals surface area contributed by atoms with Crippen LogP contribution in [0.25, 0.3) is 0 Å². The standard InChI is InChI=1S/C16H23NO4/c1-13(16(19)20)12-17(10-11-21-2)15(18)9-8-14-6-4-3-5-7-14/h3-7,13H,8-12H2,1-2H3,(H,19,20). The first-order chi connectivity index (χ1) is 10.0. The minimum atomic E-state index is -0.895. The molecule has 0 aliphatic heterocycles. The summed E-state index contributed by atoms with van der Waals surface area (Å²) in [5.74, 6) is -1.51. The Hall–Kier alpha value is -1.88. The van der Waals surface area contributed by atoms with Gasteiger partial charge in [0.15, 0.2) is 0 Å². The lowest BCUT2D eigenvalue weighted by Gasteiger charge is -2.24. The molecule has 0 fully saturated rings. The van der Waals surface area contributed by atoms with E-state index in [2.05, 4.69) is 0 Å². The number of carboxylic acids is 1. The third-order valence-corrected chi connectivity index (χ3v) is 3.30. The van der Waals surface area contributed by atoms with Gasteiger partial charge in [0, 0.05) is 26.6 Å². The zero-order chi connectivity index (χ0) is 15.7. The molecule has 0 radical (unpaired) electrons. The fourth-order valence-corrected chi connectivity index (χ4v) is 1.98. The van der Waals surface area contributed by atoms with Gasteiger partial charge in [-0.1, -0.05) is 37.3 Å². The van der Waals surface area contributed by atoms with Gasteiger partial charge in [-0.15, -0.1) is 0 Å². The van der Waals surface area contributed by atoms with Gasteiger partial charge in [-0.05, 0) is 12.0 Å². The summed E-state index contributed by atoms with van der Waals surface area (Å²) >= 11 is 0. The van der Waals surface area contributed by atoms with E-state index >= 15 is 0 Å². The van der Waals surface area contributed by atoms with Gasteiger partial charge in [0.2, 0.25) is 5.91 Å². The highest BCUT2D eigenvalue weighted by atomic mass is 16.5. The molecule has 0 spiro atoms. The predicted octanol–water partition coefficient (Wildman–Crippen LogP) is 1.81. The summed E-state index contributed by atoms with van der Waals surface area (Å²) in [4.78, 5) is 24.8. The number of carbonyl (C=O) groups is 2. The number of carboxylic acid groups (broad SMARTS) is 1. The molecular weight excluding hydrogens is 270 g/mol. The number of carbonyl (C=O) groups excluding carboxylic acids is 1. The van der Waals surface area contributed by atoms with Crippen LogP contribution in [-0.2, 0) is 20.7 Å². The van der Waals surface area contributed by atoms with Gasteiger partial charge >= 0.3 is 5.97 Å². The van der Waals surface area contributed by atoms with E-state index in [0.29, 0.717) is 26.0 Å². The van der Waals surface area contributed by atoms with E-state index in [1.807, 2.05) is 30.3 Å². The minimum Gasteiger partial charge on any atom is -0.481 e. The zero-order valence-electron chi connectivity index (χ0n) is 12.6. The Balaban J connectivity index is 2.55. The maximum Gasteiger partial charge on any atom is 0.308 e. The molecule has 1 amide bonds. The summed E-state index contributed by atoms with van der Waals surface area (Å²) in [5.41, 5.74) is 1.10. The topological polar surface area (TPSA) is 66.8 Å². The van der Waals surface area contributed by atoms with E-state index in [9.17, 15) is 9.59 Å². The molecule has 0 saturated carbocycles. The van der Waals surface area contributed by atoms with Gasteiger partial charge in [0.25, 0.3) is 0 Å². The number of hydrogen-bond donors (Lipinski definition) is 1. The summed E-state index contributed by atoms with van der Waals surface area (Å²) in [6.45, 7) is 2.64. The van der Waals surface area contributed by atoms with Crippen LogP contribution >= 0.6 is 0 Å². The molecule has 1 atom stereocenters. The highest BCUT2D eigenvalue weighted by molar-refractivity contribution is 5.77. The largest absolute Gasteiger partial charge is 0.481 e. The van der Waals surface area contributed by atoms with Crippen LogP contribution in [0, 0.1) is 5.92 Å². The number of methoxy groups -OCH3 is 1. The smallest absolute Gasteiger partial charge is 0.308 e. The molecule has 1 aromatic rings. The Kier molecular flexibility index (Phi) is 7.46. The van der Waals surface area contributed by atoms with Crippen LogP contribution in [0.15, 0.2) is 30.3 Å². The number of hydrogen-bond acceptors (Lipinski definition) is 3. The van der Waals surface area contributed by atoms with Crippen molar-refractivity contribution in [3.63, 3.8) is 0 Å². The van der Waals surface area contributed by atoms with Gasteiger partial charge < -0.3 is 14.7 Å². The van der Waals surface area contributed by atoms with Crippen LogP contribution in [-0.4, -0.2) is 48.7 Å². The lowest BCUT2D eigenvalue weighted by atomic mass is 10.1. The van der Waals surface area contributed by atoms with Crippen molar-refractivity contribution in [1.29, 1.82) is 0 Å². The summed E-state index contributed by atoms with van der Waals surface area (Å²) in [6.07, 6.45) is 1.03. The molecule has 21 heavy (non-hydrogen) atoms. The van der Waals surface area contributed by atoms with Crippen molar-refractivity contribution >= 4 is 11.9 Å². The molecule has 0 aromatic heterocycles. The average Bonchev–Trinajstić information content (AvgIpc) is 2.49. The highest BCUT2D eigenvalue weighted by Crippen LogP contribution is 2.07. The number of aliphatic carboxylic acids is 1. The van der Waals surface area contributed by atoms with Crippen LogP contribution in [0.5, 0.6) is 0 Å². The quantitative estimate of drug-likeness (QED) is 0.754. The van der Waals surface area contributed by atoms with Crippen molar-refractivity contribution in [1.82, 2.24) is 4.90 Å². The number of rotatable bonds is 9. The normalized spacial score (nSPS) is 11.9. The SMILES string of the molecule is COCCN(CC(C)C(=O)O)C(=O)CCc1ccccc1. The monoisotopic (exact) mass is 293 g/mol. The van der Waals surface area contributed by atoms with Crippen LogP contribution in [0.2, 0.25) is 0 Å². The molecule has 116 valence electrons. The zero-order valence-corrected chi connectivity index (χ0v) is 12.6. The molecule has 5 nitrogen and oxygen atoms in total. The molecule has 0 aliphatic carbocycles. The van der Waals surface area contributed by atoms with E-state index < -0.39 is 11.9 Å². The van der Waals surface area contributed by atoms with Gasteiger partial charge in [-0.3, -0.25) is 9.59 Å². The van der Waals surface area contributed by atoms with Gasteiger partial charge in [0.05, 0.1) is 12.5 Å². The van der Waals surface area contributed by atoms with Crippen molar-refractivity contribution in [2.24, 2.45) is 5.92 Å². The summed E-state index contributed by atoms with van der Waals surface area (Å²) in [6, 6.07) is 9.77. The summed E-state index contributed by atoms with van der Waals surface area (Å²) < 4.78 is 4.99. The van der Waals surface area contributed by atoms with E-state index in [0.717, 1.165) is 5.56 Å². The van der Waals surface area contributed by atoms with Crippen molar-refractivity contribution < 1.29 is 19.4 Å². The van der Waals surface area contributed by atoms with Gasteiger partial charge in [0.1, 0.15) is 0 Å². The Labute approximate surface area is 125 Å². The fourth-order valence-electron chi connectivity index (χ4n) is 1.98. The van der Waals surface area contributed by atoms with E-state index in [4.69, 9.17) is 9.84 Å². The number of benzene rings is 1. The van der Waals surface area contributed by atoms with Crippen LogP contribution in [0.4, 0.5) is 0 Å². The second kappa shape index (κ2) is 9.13. The molecule has 1 N–H and O–H groups in total. The number of amides is 1. The lowest BCUT2D eigenvalue weighted by molar-refractivity contribution is -0.143. The van der Waals surface area contributed by atoms with Crippen LogP contribution in [0.1, 0.15) is 18.9 Å². The Morgan fingerprint density at radius 1 is 1.29 bits per heavy atom. The Morgan fingerprint density at radius 3 is 2.52 bits per heavy atom. The number of ether oxygens (including phenoxy) is 1. The molecular formula is C16H23NO4. The maximum absolute atomic E-state index is 12.3. The Bertz CT molecular complexity index is 447. The van der Waals surface area contributed by atoms with E-state index in [1.54, 1.807) is 18.9 Å². The van der Waals surface area contributed by atoms with Crippen molar-refractivity contribution in [2.75, 3.05) is 26.8 Å². The van der Waals surface area contributed by atoms with Crippen molar-refractivity contribution in [3.8, 4) is 0 Å². The van der Waals surface area contributed by atoms with Crippen LogP contribution < -0.4 is 0 Å². The van der Waals surface area contributed by atoms with E-state index in [1.165, 1.54) is 0 Å². The molecule has 1 unspecified atom stereocenters. The molecule has 0 saturated heterocycles. The molecule has 0 heterocycles. The summed E-state index contributed by atoms with van der Waals surface area (Å²) in [5, 5.41) is 8.98. The molecule has 1 rings (SSSR count). The van der Waals surface area contributed by atoms with Crippen molar-refractivity contribution in [3.05, 3.63) is 35.9 Å². The average molecular weight is 293 g/mol. The first kappa shape index (κ1) is 17.2. The third-order valence-electron chi connectivity index (χ3n) is 3.30. The predicted molar refractivity (Wildman–Crippen MR) is 80.0 cm³/mol. The number of aryl methyl sites for hydroxylation is 1. The second-order valence-corrected chi connectivity index (χ2v) is 5.06. The molecule has 5 heteroatoms. The molecule has 0 aliphatic rings. The molecule has 1 aromatic carbocycles. The summed E-state index contributed by atoms with van der Waals surface area (Å²) in [7, 11) is 1.56.